The zero-order chi connectivity index (χ0) is 5.54. The molecule has 0 unspecified atom stereocenters. The van der Waals surface area contributed by atoms with Crippen LogP contribution in [0.1, 0.15) is 6.42 Å². The van der Waals surface area contributed by atoms with Gasteiger partial charge in [0.2, 0.25) is 6.08 Å². The molecule has 0 bridgehead atoms. The largest absolute Gasteiger partial charge is 0.234 e. The summed E-state index contributed by atoms with van der Waals surface area (Å²) < 4.78 is 0. The van der Waals surface area contributed by atoms with Crippen molar-refractivity contribution in [3.8, 4) is 0 Å². The average molecular weight is 115 g/mol. The summed E-state index contributed by atoms with van der Waals surface area (Å²) in [6.45, 7) is 0.674. The van der Waals surface area contributed by atoms with Gasteiger partial charge in [0.25, 0.3) is 0 Å². The highest BCUT2D eigenvalue weighted by Crippen LogP contribution is 1.81. The summed E-state index contributed by atoms with van der Waals surface area (Å²) in [7, 11) is 1.22. The van der Waals surface area contributed by atoms with Gasteiger partial charge in [0, 0.05) is 10.2 Å². The van der Waals surface area contributed by atoms with E-state index in [1.807, 2.05) is 0 Å². The van der Waals surface area contributed by atoms with Crippen molar-refractivity contribution in [3.63, 3.8) is 0 Å². The van der Waals surface area contributed by atoms with Crippen LogP contribution in [0.15, 0.2) is 4.99 Å². The monoisotopic (exact) mass is 115 g/mol. The van der Waals surface area contributed by atoms with Crippen molar-refractivity contribution in [2.24, 2.45) is 4.99 Å². The Morgan fingerprint density at radius 2 is 2.43 bits per heavy atom. The Morgan fingerprint density at radius 1 is 1.71 bits per heavy atom. The van der Waals surface area contributed by atoms with E-state index in [9.17, 15) is 4.79 Å². The van der Waals surface area contributed by atoms with Crippen LogP contribution in [0.4, 0.5) is 0 Å². The molecular formula is C4H9NOSi. The first-order chi connectivity index (χ1) is 3.41. The quantitative estimate of drug-likeness (QED) is 0.211. The second-order valence-corrected chi connectivity index (χ2v) is 2.33. The predicted octanol–water partition coefficient (Wildman–Crippen LogP) is -0.504. The highest BCUT2D eigenvalue weighted by Gasteiger charge is 1.74. The highest BCUT2D eigenvalue weighted by molar-refractivity contribution is 6.08. The minimum atomic E-state index is 0.674. The highest BCUT2D eigenvalue weighted by atomic mass is 28.1. The molecule has 0 heterocycles. The topological polar surface area (TPSA) is 29.4 Å². The van der Waals surface area contributed by atoms with E-state index < -0.39 is 0 Å². The van der Waals surface area contributed by atoms with Crippen LogP contribution in [0.2, 0.25) is 6.04 Å². The summed E-state index contributed by atoms with van der Waals surface area (Å²) in [5.74, 6) is 0. The molecule has 0 rings (SSSR count). The summed E-state index contributed by atoms with van der Waals surface area (Å²) in [4.78, 5) is 12.8. The Kier molecular flexibility index (Phi) is 5.27. The molecule has 0 spiro atoms. The summed E-state index contributed by atoms with van der Waals surface area (Å²) >= 11 is 0. The predicted molar refractivity (Wildman–Crippen MR) is 32.4 cm³/mol. The molecule has 0 aromatic carbocycles. The molecule has 2 nitrogen and oxygen atoms in total. The third kappa shape index (κ3) is 5.60. The van der Waals surface area contributed by atoms with E-state index in [4.69, 9.17) is 0 Å². The van der Waals surface area contributed by atoms with E-state index in [1.165, 1.54) is 22.4 Å². The van der Waals surface area contributed by atoms with Crippen LogP contribution in [-0.4, -0.2) is 22.9 Å². The van der Waals surface area contributed by atoms with Crippen LogP contribution >= 0.6 is 0 Å². The number of isocyanates is 1. The van der Waals surface area contributed by atoms with Crippen LogP contribution in [-0.2, 0) is 4.79 Å². The SMILES string of the molecule is O=C=NCCC[SiH3]. The molecule has 0 amide bonds. The number of aliphatic imine (C=N–C) groups is 1. The normalized spacial score (nSPS) is 8.00. The fourth-order valence-electron chi connectivity index (χ4n) is 0.283. The fraction of sp³-hybridized carbons (Fsp3) is 0.750. The van der Waals surface area contributed by atoms with Gasteiger partial charge in [-0.15, -0.1) is 0 Å². The van der Waals surface area contributed by atoms with Gasteiger partial charge in [-0.25, -0.2) is 9.79 Å². The maximum Gasteiger partial charge on any atom is 0.234 e. The Balaban J connectivity index is 2.83. The maximum absolute atomic E-state index is 9.40. The molecule has 0 saturated carbocycles. The molecule has 0 aromatic heterocycles. The maximum atomic E-state index is 9.40. The average Bonchev–Trinajstić information content (AvgIpc) is 1.69. The van der Waals surface area contributed by atoms with E-state index in [0.29, 0.717) is 6.54 Å². The standard InChI is InChI=1S/C4H9NOSi/c6-4-5-2-1-3-7/h1-3H2,7H3. The van der Waals surface area contributed by atoms with E-state index in [0.717, 1.165) is 6.42 Å². The lowest BCUT2D eigenvalue weighted by Crippen LogP contribution is -1.76. The van der Waals surface area contributed by atoms with E-state index in [1.54, 1.807) is 0 Å². The van der Waals surface area contributed by atoms with Gasteiger partial charge in [-0.2, -0.15) is 0 Å². The lowest BCUT2D eigenvalue weighted by Gasteiger charge is -1.80. The van der Waals surface area contributed by atoms with Gasteiger partial charge in [0.15, 0.2) is 0 Å². The second kappa shape index (κ2) is 5.60. The van der Waals surface area contributed by atoms with Crippen molar-refractivity contribution in [2.45, 2.75) is 12.5 Å². The van der Waals surface area contributed by atoms with Gasteiger partial charge in [0.05, 0.1) is 6.54 Å². The summed E-state index contributed by atoms with van der Waals surface area (Å²) in [6.07, 6.45) is 2.55. The van der Waals surface area contributed by atoms with Crippen LogP contribution < -0.4 is 0 Å². The van der Waals surface area contributed by atoms with Crippen molar-refractivity contribution in [1.29, 1.82) is 0 Å². The van der Waals surface area contributed by atoms with Gasteiger partial charge >= 0.3 is 0 Å². The lowest BCUT2D eigenvalue weighted by atomic mass is 10.5. The smallest absolute Gasteiger partial charge is 0.211 e. The van der Waals surface area contributed by atoms with E-state index in [-0.39, 0.29) is 0 Å². The minimum Gasteiger partial charge on any atom is -0.211 e. The van der Waals surface area contributed by atoms with Gasteiger partial charge in [-0.3, -0.25) is 0 Å². The van der Waals surface area contributed by atoms with Crippen molar-refractivity contribution >= 4 is 16.3 Å². The summed E-state index contributed by atoms with van der Waals surface area (Å²) in [5.41, 5.74) is 0. The molecule has 0 radical (unpaired) electrons. The number of nitrogens with zero attached hydrogens (tertiary/aromatic N) is 1. The summed E-state index contributed by atoms with van der Waals surface area (Å²) in [5, 5.41) is 0. The van der Waals surface area contributed by atoms with Gasteiger partial charge in [0.1, 0.15) is 0 Å². The number of carbonyl (C=O) groups excluding carboxylic acids is 1. The van der Waals surface area contributed by atoms with Crippen molar-refractivity contribution in [2.75, 3.05) is 6.54 Å². The van der Waals surface area contributed by atoms with Gasteiger partial charge in [-0.05, 0) is 6.42 Å². The molecule has 0 aliphatic carbocycles. The Hall–Kier alpha value is -0.403. The van der Waals surface area contributed by atoms with Gasteiger partial charge < -0.3 is 0 Å². The fourth-order valence-corrected chi connectivity index (χ4v) is 0.599. The first-order valence-electron chi connectivity index (χ1n) is 2.45. The molecular weight excluding hydrogens is 106 g/mol. The minimum absolute atomic E-state index is 0.674. The molecule has 3 heteroatoms. The summed E-state index contributed by atoms with van der Waals surface area (Å²) in [6, 6.07) is 1.23. The van der Waals surface area contributed by atoms with Crippen molar-refractivity contribution < 1.29 is 4.79 Å². The lowest BCUT2D eigenvalue weighted by molar-refractivity contribution is 0.562. The molecule has 40 valence electrons. The molecule has 0 saturated heterocycles. The number of rotatable bonds is 3. The molecule has 0 N–H and O–H groups in total. The molecule has 7 heavy (non-hydrogen) atoms. The first-order valence-corrected chi connectivity index (χ1v) is 3.87. The first kappa shape index (κ1) is 6.60. The Morgan fingerprint density at radius 3 is 2.86 bits per heavy atom. The van der Waals surface area contributed by atoms with Crippen molar-refractivity contribution in [1.82, 2.24) is 0 Å². The second-order valence-electron chi connectivity index (χ2n) is 1.33. The van der Waals surface area contributed by atoms with Crippen LogP contribution in [0.25, 0.3) is 0 Å². The molecule has 0 aliphatic rings. The molecule has 0 aromatic rings. The number of hydrogen-bond acceptors (Lipinski definition) is 2. The molecule has 0 fully saturated rings. The third-order valence-corrected chi connectivity index (χ3v) is 1.40. The van der Waals surface area contributed by atoms with Crippen LogP contribution in [0.3, 0.4) is 0 Å². The van der Waals surface area contributed by atoms with Crippen LogP contribution in [0, 0.1) is 0 Å². The Labute approximate surface area is 46.1 Å². The Bertz CT molecular complexity index is 77.8. The van der Waals surface area contributed by atoms with E-state index >= 15 is 0 Å². The zero-order valence-corrected chi connectivity index (χ0v) is 6.48. The number of hydrogen-bond donors (Lipinski definition) is 0. The van der Waals surface area contributed by atoms with E-state index in [2.05, 4.69) is 4.99 Å². The molecule has 0 atom stereocenters. The van der Waals surface area contributed by atoms with Crippen molar-refractivity contribution in [3.05, 3.63) is 0 Å². The van der Waals surface area contributed by atoms with Crippen LogP contribution in [0.5, 0.6) is 0 Å². The third-order valence-electron chi connectivity index (χ3n) is 0.688. The van der Waals surface area contributed by atoms with Gasteiger partial charge in [-0.1, -0.05) is 6.04 Å². The molecule has 0 aliphatic heterocycles. The zero-order valence-electron chi connectivity index (χ0n) is 4.48.